The average molecular weight is 569 g/mol. The van der Waals surface area contributed by atoms with Gasteiger partial charge in [0.05, 0.1) is 39.8 Å². The third kappa shape index (κ3) is 13.4. The summed E-state index contributed by atoms with van der Waals surface area (Å²) in [5, 5.41) is 31.7. The minimum absolute atomic E-state index is 0. The van der Waals surface area contributed by atoms with Gasteiger partial charge in [0.25, 0.3) is 0 Å². The number of carbonyl (C=O) groups excluding carboxylic acids is 1. The molecule has 5 atom stereocenters. The summed E-state index contributed by atoms with van der Waals surface area (Å²) in [6.07, 6.45) is 16.2. The minimum atomic E-state index is -3.27. The second-order valence-corrected chi connectivity index (χ2v) is 14.6. The second-order valence-electron chi connectivity index (χ2n) is 11.9. The molecule has 1 unspecified atom stereocenters. The van der Waals surface area contributed by atoms with Crippen molar-refractivity contribution < 1.29 is 37.9 Å². The van der Waals surface area contributed by atoms with Crippen LogP contribution in [0.2, 0.25) is 6.04 Å². The molecule has 2 aliphatic rings. The molecule has 2 heterocycles. The van der Waals surface area contributed by atoms with Gasteiger partial charge in [0.1, 0.15) is 24.4 Å². The number of aliphatic carboxylic acids is 1. The van der Waals surface area contributed by atoms with Crippen LogP contribution in [0.5, 0.6) is 0 Å². The number of carboxylic acids is 1. The Morgan fingerprint density at radius 3 is 1.79 bits per heavy atom. The molecule has 0 aliphatic carbocycles. The predicted molar refractivity (Wildman–Crippen MR) is 150 cm³/mol. The van der Waals surface area contributed by atoms with Gasteiger partial charge in [0.15, 0.2) is 0 Å². The van der Waals surface area contributed by atoms with Gasteiger partial charge in [-0.05, 0) is 12.8 Å². The summed E-state index contributed by atoms with van der Waals surface area (Å²) in [5.74, 6) is -1.50. The number of aliphatic hydroxyl groups is 2. The van der Waals surface area contributed by atoms with Gasteiger partial charge in [0.2, 0.25) is 0 Å². The summed E-state index contributed by atoms with van der Waals surface area (Å²) < 4.78 is 18.0. The van der Waals surface area contributed by atoms with Gasteiger partial charge in [-0.25, -0.2) is 0 Å². The maximum Gasteiger partial charge on any atom is 0.502 e. The molecule has 2 fully saturated rings. The van der Waals surface area contributed by atoms with Crippen molar-refractivity contribution in [3.63, 3.8) is 0 Å². The first-order valence-electron chi connectivity index (χ1n) is 15.1. The summed E-state index contributed by atoms with van der Waals surface area (Å²) in [6, 6.07) is 0.466. The van der Waals surface area contributed by atoms with Crippen molar-refractivity contribution in [3.8, 4) is 0 Å². The number of hydrogen-bond acceptors (Lipinski definition) is 7. The van der Waals surface area contributed by atoms with Gasteiger partial charge in [-0.3, -0.25) is 0 Å². The van der Waals surface area contributed by atoms with Crippen LogP contribution in [0.4, 0.5) is 0 Å². The summed E-state index contributed by atoms with van der Waals surface area (Å²) in [4.78, 5) is 11.4. The van der Waals surface area contributed by atoms with Crippen LogP contribution in [-0.4, -0.2) is 117 Å². The first-order valence-corrected chi connectivity index (χ1v) is 17.0. The van der Waals surface area contributed by atoms with Crippen LogP contribution in [0.15, 0.2) is 0 Å². The first kappa shape index (κ1) is 36.5. The maximum atomic E-state index is 11.4. The number of quaternary nitrogens is 1. The van der Waals surface area contributed by atoms with Crippen molar-refractivity contribution >= 4 is 44.3 Å². The Morgan fingerprint density at radius 2 is 1.29 bits per heavy atom. The number of rotatable bonds is 21. The zero-order chi connectivity index (χ0) is 27.2. The molecule has 0 amide bonds. The third-order valence-electron chi connectivity index (χ3n) is 7.97. The number of carboxylic acid groups (broad SMARTS) is 1. The van der Waals surface area contributed by atoms with Gasteiger partial charge in [-0.15, -0.1) is 0 Å². The molecule has 219 valence electrons. The van der Waals surface area contributed by atoms with E-state index < -0.39 is 39.2 Å². The molecule has 10 heteroatoms. The molecular weight excluding hydrogens is 513 g/mol. The van der Waals surface area contributed by atoms with E-state index in [4.69, 9.17) is 13.3 Å². The molecule has 1 radical (unpaired) electrons. The fourth-order valence-electron chi connectivity index (χ4n) is 5.55. The molecule has 2 bridgehead atoms. The molecule has 2 N–H and O–H groups in total. The summed E-state index contributed by atoms with van der Waals surface area (Å²) >= 11 is 0. The molecule has 8 nitrogen and oxygen atoms in total. The van der Waals surface area contributed by atoms with E-state index in [1.807, 2.05) is 0 Å². The fraction of sp³-hybridized carbons (Fsp3) is 0.964. The zero-order valence-electron chi connectivity index (χ0n) is 24.8. The predicted octanol–water partition coefficient (Wildman–Crippen LogP) is 3.17. The van der Waals surface area contributed by atoms with E-state index in [1.54, 1.807) is 0 Å². The molecular formula is C28H55NNaO7Si. The van der Waals surface area contributed by atoms with Crippen LogP contribution in [0.3, 0.4) is 0 Å². The number of nitrogens with zero attached hydrogens (tertiary/aromatic N) is 1. The van der Waals surface area contributed by atoms with E-state index in [9.17, 15) is 20.1 Å². The van der Waals surface area contributed by atoms with Crippen LogP contribution in [0.25, 0.3) is 0 Å². The van der Waals surface area contributed by atoms with Gasteiger partial charge in [-0.1, -0.05) is 90.4 Å². The van der Waals surface area contributed by atoms with Gasteiger partial charge >= 0.3 is 8.80 Å². The largest absolute Gasteiger partial charge is 0.547 e. The van der Waals surface area contributed by atoms with E-state index in [1.165, 1.54) is 96.3 Å². The summed E-state index contributed by atoms with van der Waals surface area (Å²) in [6.45, 7) is 4.26. The monoisotopic (exact) mass is 568 g/mol. The van der Waals surface area contributed by atoms with Crippen molar-refractivity contribution in [2.45, 2.75) is 140 Å². The van der Waals surface area contributed by atoms with Gasteiger partial charge in [0, 0.05) is 42.0 Å². The third-order valence-corrected chi connectivity index (χ3v) is 10.8. The number of carbonyl (C=O) groups is 1. The molecule has 0 aromatic heterocycles. The second kappa shape index (κ2) is 19.5. The molecule has 0 aromatic rings. The first-order chi connectivity index (χ1) is 17.7. The number of aliphatic hydroxyl groups excluding tert-OH is 2. The zero-order valence-corrected chi connectivity index (χ0v) is 27.8. The Balaban J connectivity index is 0.00000722. The topological polar surface area (TPSA) is 108 Å². The van der Waals surface area contributed by atoms with E-state index in [0.717, 1.165) is 24.0 Å². The molecule has 0 aromatic carbocycles. The van der Waals surface area contributed by atoms with E-state index in [2.05, 4.69) is 21.0 Å². The molecule has 0 spiro atoms. The quantitative estimate of drug-likeness (QED) is 0.124. The number of fused-ring (bicyclic) bond motifs is 2. The smallest absolute Gasteiger partial charge is 0.502 e. The van der Waals surface area contributed by atoms with Crippen LogP contribution in [-0.2, 0) is 18.1 Å². The summed E-state index contributed by atoms with van der Waals surface area (Å²) in [7, 11) is 1.16. The normalized spacial score (nSPS) is 27.2. The van der Waals surface area contributed by atoms with Crippen molar-refractivity contribution in [2.24, 2.45) is 0 Å². The van der Waals surface area contributed by atoms with Crippen molar-refractivity contribution in [1.29, 1.82) is 0 Å². The Labute approximate surface area is 255 Å². The van der Waals surface area contributed by atoms with Crippen molar-refractivity contribution in [2.75, 3.05) is 33.8 Å². The van der Waals surface area contributed by atoms with Gasteiger partial charge in [-0.2, -0.15) is 0 Å². The van der Waals surface area contributed by atoms with Crippen LogP contribution in [0, 0.1) is 0 Å². The standard InChI is InChI=1S/C28H55NO7Si.Na/c1-4-5-6-7-8-9-10-11-12-13-14-15-16-17-18-20-29(2,3)21-19-22-37-34-23-24(30)26(35-37)25(31)27(36-37)28(32)33;/h24-27,30-31H,4-23H2,1-3H3;/t24-,25+,26+,27-,37?;/m1./s1. The van der Waals surface area contributed by atoms with Crippen molar-refractivity contribution in [1.82, 2.24) is 0 Å². The molecule has 38 heavy (non-hydrogen) atoms. The average Bonchev–Trinajstić information content (AvgIpc) is 2.85. The molecule has 2 rings (SSSR count). The Hall–Kier alpha value is 0.447. The van der Waals surface area contributed by atoms with Crippen molar-refractivity contribution in [3.05, 3.63) is 0 Å². The molecule has 2 aliphatic heterocycles. The fourth-order valence-corrected chi connectivity index (χ4v) is 8.47. The molecule has 2 saturated heterocycles. The number of hydrogen-bond donors (Lipinski definition) is 2. The van der Waals surface area contributed by atoms with Crippen LogP contribution < -0.4 is 5.11 Å². The van der Waals surface area contributed by atoms with Crippen LogP contribution >= 0.6 is 0 Å². The minimum Gasteiger partial charge on any atom is -0.547 e. The maximum absolute atomic E-state index is 11.4. The van der Waals surface area contributed by atoms with E-state index in [0.29, 0.717) is 6.04 Å². The SMILES string of the molecule is CCCCCCCCCCCCCCCCC[N+](C)(C)CCC[Si]12OC[C@@H](O)[C@H](O1)[C@H](O)[C@H](C(=O)[O-])O2.[Na]. The summed E-state index contributed by atoms with van der Waals surface area (Å²) in [5.41, 5.74) is 0. The molecule has 0 saturated carbocycles. The van der Waals surface area contributed by atoms with E-state index >= 15 is 0 Å². The number of unbranched alkanes of at least 4 members (excludes halogenated alkanes) is 14. The van der Waals surface area contributed by atoms with Gasteiger partial charge < -0.3 is 37.9 Å². The Morgan fingerprint density at radius 1 is 0.816 bits per heavy atom. The Bertz CT molecular complexity index is 644. The van der Waals surface area contributed by atoms with E-state index in [-0.39, 0.29) is 36.2 Å². The van der Waals surface area contributed by atoms with Crippen LogP contribution in [0.1, 0.15) is 110 Å². The Kier molecular flexibility index (Phi) is 18.8.